The summed E-state index contributed by atoms with van der Waals surface area (Å²) in [6.07, 6.45) is 13.0. The molecule has 5 aliphatic rings. The number of likely N-dealkylation sites (tertiary alicyclic amines) is 5. The van der Waals surface area contributed by atoms with Crippen LogP contribution in [0.3, 0.4) is 0 Å². The fourth-order valence-electron chi connectivity index (χ4n) is 16.7. The van der Waals surface area contributed by atoms with Crippen LogP contribution in [0.5, 0.6) is 0 Å². The van der Waals surface area contributed by atoms with Gasteiger partial charge in [0.2, 0.25) is 0 Å². The smallest absolute Gasteiger partial charge is 0.269 e. The number of benzene rings is 5. The van der Waals surface area contributed by atoms with Crippen molar-refractivity contribution in [2.45, 2.75) is 140 Å². The Kier molecular flexibility index (Phi) is 29.2. The van der Waals surface area contributed by atoms with Crippen LogP contribution in [-0.2, 0) is 0 Å². The average molecular weight is 1620 g/mol. The third-order valence-corrected chi connectivity index (χ3v) is 23.0. The van der Waals surface area contributed by atoms with Gasteiger partial charge >= 0.3 is 0 Å². The first-order valence-electron chi connectivity index (χ1n) is 39.8. The Hall–Kier alpha value is -9.75. The number of piperidine rings is 1. The molecular formula is C91H106BrF4N11O7. The summed E-state index contributed by atoms with van der Waals surface area (Å²) in [5.74, 6) is -0.986. The van der Waals surface area contributed by atoms with Crippen molar-refractivity contribution in [1.82, 2.24) is 47.3 Å². The molecule has 15 rings (SSSR count). The van der Waals surface area contributed by atoms with Crippen molar-refractivity contribution < 1.29 is 46.5 Å². The molecule has 5 fully saturated rings. The molecule has 5 aliphatic heterocycles. The zero-order valence-electron chi connectivity index (χ0n) is 67.4. The first kappa shape index (κ1) is 85.1. The number of carbonyl (C=O) groups excluding carboxylic acids is 5. The van der Waals surface area contributed by atoms with Crippen molar-refractivity contribution >= 4 is 50.5 Å². The molecule has 602 valence electrons. The highest BCUT2D eigenvalue weighted by atomic mass is 79.9. The lowest BCUT2D eigenvalue weighted by Gasteiger charge is -2.25. The molecule has 0 saturated carbocycles. The normalized spacial score (nSPS) is 15.4. The second kappa shape index (κ2) is 39.1. The number of nitrogens with zero attached hydrogens (tertiary/aromatic N) is 11. The minimum atomic E-state index is -0.634. The van der Waals surface area contributed by atoms with Gasteiger partial charge in [0, 0.05) is 130 Å². The summed E-state index contributed by atoms with van der Waals surface area (Å²) in [5, 5.41) is 10.8. The molecule has 10 aromatic rings. The Bertz CT molecular complexity index is 4920. The van der Waals surface area contributed by atoms with E-state index in [1.165, 1.54) is 93.5 Å². The number of non-ortho nitro benzene ring substituents is 1. The Labute approximate surface area is 675 Å². The van der Waals surface area contributed by atoms with E-state index in [0.717, 1.165) is 198 Å². The maximum absolute atomic E-state index is 14.1. The summed E-state index contributed by atoms with van der Waals surface area (Å²) in [5.41, 5.74) is 17.0. The number of halogens is 5. The van der Waals surface area contributed by atoms with Crippen molar-refractivity contribution in [2.24, 2.45) is 0 Å². The maximum atomic E-state index is 14.1. The fourth-order valence-corrected chi connectivity index (χ4v) is 16.9. The quantitative estimate of drug-likeness (QED) is 0.0289. The molecule has 0 N–H and O–H groups in total. The Morgan fingerprint density at radius 1 is 0.316 bits per heavy atom. The van der Waals surface area contributed by atoms with Gasteiger partial charge in [0.25, 0.3) is 5.69 Å². The number of hydrogen-bond donors (Lipinski definition) is 0. The zero-order chi connectivity index (χ0) is 81.6. The van der Waals surface area contributed by atoms with Crippen molar-refractivity contribution in [1.29, 1.82) is 0 Å². The van der Waals surface area contributed by atoms with Gasteiger partial charge in [-0.15, -0.1) is 0 Å². The maximum Gasteiger partial charge on any atom is 0.269 e. The fraction of sp³-hybridized carbons (Fsp3) is 0.396. The molecule has 5 aromatic carbocycles. The Morgan fingerprint density at radius 3 is 0.807 bits per heavy atom. The second-order valence-electron chi connectivity index (χ2n) is 30.8. The molecule has 10 heterocycles. The van der Waals surface area contributed by atoms with E-state index in [-0.39, 0.29) is 51.9 Å². The van der Waals surface area contributed by atoms with E-state index in [9.17, 15) is 51.6 Å². The van der Waals surface area contributed by atoms with Gasteiger partial charge in [0.1, 0.15) is 23.3 Å². The van der Waals surface area contributed by atoms with E-state index in [1.807, 2.05) is 105 Å². The summed E-state index contributed by atoms with van der Waals surface area (Å²) in [4.78, 5) is 84.4. The van der Waals surface area contributed by atoms with Gasteiger partial charge in [-0.2, -0.15) is 0 Å². The molecule has 0 unspecified atom stereocenters. The van der Waals surface area contributed by atoms with E-state index < -0.39 is 16.6 Å². The highest BCUT2D eigenvalue weighted by Gasteiger charge is 2.28. The SMILES string of the molecule is Cc1cc(C(=O)CN2CCCC2)c(C)n1-c1ccc(Br)cc1.Cc1cc(C(=O)CN2CCCC2)c(C)n1-c1ccc(F)cc1.Cc1cc(C(=O)CN2CCCC2)c(C)n1-c1ccc(F)cc1F.Cc1cc(C(=O)CN2CCCC2)c(C)n1-c1ccc([N+](=O)[O-])cc1.Cc1cc(C(=O)CN2CCCCC2)c(C)n1-c1ccc(F)cc1. The number of aryl methyl sites for hydroxylation is 5. The molecule has 5 saturated heterocycles. The van der Waals surface area contributed by atoms with Crippen LogP contribution in [-0.4, -0.2) is 179 Å². The monoisotopic (exact) mass is 1620 g/mol. The molecule has 0 aliphatic carbocycles. The number of Topliss-reactive ketones (excluding diaryl/α,β-unsaturated/α-hetero) is 5. The van der Waals surface area contributed by atoms with Crippen LogP contribution >= 0.6 is 15.9 Å². The number of ketones is 5. The van der Waals surface area contributed by atoms with E-state index in [1.54, 1.807) is 54.0 Å². The van der Waals surface area contributed by atoms with Crippen LogP contribution in [0.4, 0.5) is 23.2 Å². The highest BCUT2D eigenvalue weighted by molar-refractivity contribution is 9.10. The lowest BCUT2D eigenvalue weighted by atomic mass is 10.1. The van der Waals surface area contributed by atoms with Crippen molar-refractivity contribution in [3.05, 3.63) is 268 Å². The standard InChI is InChI=1S/C19H23FN2O.C18H21BrN2O.C18H20F2N2O.C18H21FN2O.C18H21N3O3/c1-14-12-18(19(23)13-21-10-4-3-5-11-21)15(2)22(14)17-8-6-16(20)7-9-17;1-13-11-17(18(22)12-20-9-3-4-10-20)14(2)21(13)16-7-5-15(19)6-8-16;1-12-9-15(18(23)11-21-7-3-4-8-21)13(2)22(12)17-6-5-14(19)10-16(17)20;1-13-11-17(18(22)12-20-9-3-4-10-20)14(2)21(13)16-7-5-15(19)6-8-16;1-13-11-17(18(22)12-19-9-3-4-10-19)14(2)20(13)15-5-7-16(8-6-15)21(23)24/h6-9,12H,3-5,10-11,13H2,1-2H3;5-8,11H,3-4,9-10,12H2,1-2H3;5-6,9-10H,3-4,7-8,11H2,1-2H3;5-8,11H,3-4,9-10,12H2,1-2H3;5-8,11H,3-4,9-10,12H2,1-2H3. The molecule has 0 radical (unpaired) electrons. The topological polar surface area (TPSA) is 169 Å². The van der Waals surface area contributed by atoms with Gasteiger partial charge in [-0.05, 0) is 326 Å². The minimum Gasteiger partial charge on any atom is -0.318 e. The Morgan fingerprint density at radius 2 is 0.544 bits per heavy atom. The zero-order valence-corrected chi connectivity index (χ0v) is 69.0. The molecule has 0 spiro atoms. The molecule has 5 aromatic heterocycles. The number of hydrogen-bond acceptors (Lipinski definition) is 12. The first-order chi connectivity index (χ1) is 54.6. The van der Waals surface area contributed by atoms with E-state index in [2.05, 4.69) is 64.1 Å². The van der Waals surface area contributed by atoms with Gasteiger partial charge in [-0.1, -0.05) is 22.4 Å². The number of aromatic nitrogens is 5. The second-order valence-corrected chi connectivity index (χ2v) is 31.7. The van der Waals surface area contributed by atoms with Crippen molar-refractivity contribution in [3.8, 4) is 28.4 Å². The number of nitro groups is 1. The number of nitro benzene ring substituents is 1. The summed E-state index contributed by atoms with van der Waals surface area (Å²) in [7, 11) is 0. The van der Waals surface area contributed by atoms with Gasteiger partial charge in [0.15, 0.2) is 28.9 Å². The lowest BCUT2D eigenvalue weighted by Crippen LogP contribution is -2.34. The van der Waals surface area contributed by atoms with Gasteiger partial charge < -0.3 is 22.8 Å². The van der Waals surface area contributed by atoms with Crippen LogP contribution < -0.4 is 0 Å². The molecular weight excluding hydrogens is 1510 g/mol. The van der Waals surface area contributed by atoms with Crippen LogP contribution in [0.25, 0.3) is 28.4 Å². The number of carbonyl (C=O) groups is 5. The molecule has 0 amide bonds. The summed E-state index contributed by atoms with van der Waals surface area (Å²) < 4.78 is 64.3. The summed E-state index contributed by atoms with van der Waals surface area (Å²) in [6.45, 7) is 31.9. The molecule has 23 heteroatoms. The largest absolute Gasteiger partial charge is 0.318 e. The van der Waals surface area contributed by atoms with Crippen molar-refractivity contribution in [3.63, 3.8) is 0 Å². The third-order valence-electron chi connectivity index (χ3n) is 22.5. The first-order valence-corrected chi connectivity index (χ1v) is 40.6. The minimum absolute atomic E-state index is 0.0498. The number of rotatable bonds is 21. The Balaban J connectivity index is 0.000000141. The van der Waals surface area contributed by atoms with Gasteiger partial charge in [0.05, 0.1) is 43.3 Å². The van der Waals surface area contributed by atoms with Crippen LogP contribution in [0.2, 0.25) is 0 Å². The van der Waals surface area contributed by atoms with Gasteiger partial charge in [-0.25, -0.2) is 17.6 Å². The van der Waals surface area contributed by atoms with E-state index in [4.69, 9.17) is 0 Å². The van der Waals surface area contributed by atoms with Crippen LogP contribution in [0.1, 0.15) is 179 Å². The molecule has 18 nitrogen and oxygen atoms in total. The van der Waals surface area contributed by atoms with Gasteiger partial charge in [-0.3, -0.25) is 58.6 Å². The lowest BCUT2D eigenvalue weighted by molar-refractivity contribution is -0.384. The summed E-state index contributed by atoms with van der Waals surface area (Å²) >= 11 is 3.46. The van der Waals surface area contributed by atoms with E-state index >= 15 is 0 Å². The predicted octanol–water partition coefficient (Wildman–Crippen LogP) is 18.5. The third kappa shape index (κ3) is 21.0. The van der Waals surface area contributed by atoms with Crippen LogP contribution in [0, 0.1) is 103 Å². The molecule has 0 atom stereocenters. The highest BCUT2D eigenvalue weighted by Crippen LogP contribution is 2.30. The molecule has 114 heavy (non-hydrogen) atoms. The van der Waals surface area contributed by atoms with Crippen molar-refractivity contribution in [2.75, 3.05) is 98.2 Å². The predicted molar refractivity (Wildman–Crippen MR) is 445 cm³/mol. The summed E-state index contributed by atoms with van der Waals surface area (Å²) in [6, 6.07) is 40.5. The molecule has 0 bridgehead atoms. The average Bonchev–Trinajstić information content (AvgIpc) is 1.65. The van der Waals surface area contributed by atoms with E-state index in [0.29, 0.717) is 44.0 Å². The van der Waals surface area contributed by atoms with Crippen LogP contribution in [0.15, 0.2) is 150 Å².